The highest BCUT2D eigenvalue weighted by Crippen LogP contribution is 2.26. The summed E-state index contributed by atoms with van der Waals surface area (Å²) >= 11 is 3.51. The molecule has 0 unspecified atom stereocenters. The fourth-order valence-corrected chi connectivity index (χ4v) is 6.16. The van der Waals surface area contributed by atoms with Crippen LogP contribution in [0, 0.1) is 13.8 Å². The van der Waals surface area contributed by atoms with E-state index in [-0.39, 0.29) is 4.90 Å². The minimum Gasteiger partial charge on any atom is -0.318 e. The number of anilines is 1. The third-order valence-corrected chi connectivity index (χ3v) is 8.68. The molecular formula is C30H31BrN4O3S. The molecule has 39 heavy (non-hydrogen) atoms. The molecule has 0 radical (unpaired) electrons. The van der Waals surface area contributed by atoms with Gasteiger partial charge in [-0.15, -0.1) is 0 Å². The highest BCUT2D eigenvalue weighted by molar-refractivity contribution is 9.10. The van der Waals surface area contributed by atoms with Crippen molar-refractivity contribution in [1.82, 2.24) is 9.99 Å². The van der Waals surface area contributed by atoms with Crippen molar-refractivity contribution in [2.75, 3.05) is 10.8 Å². The van der Waals surface area contributed by atoms with Gasteiger partial charge in [0.05, 0.1) is 16.8 Å². The molecule has 1 N–H and O–H groups in total. The van der Waals surface area contributed by atoms with Gasteiger partial charge in [-0.25, -0.2) is 13.8 Å². The van der Waals surface area contributed by atoms with Gasteiger partial charge in [0, 0.05) is 27.1 Å². The second-order valence-corrected chi connectivity index (χ2v) is 12.3. The topological polar surface area (TPSA) is 83.8 Å². The van der Waals surface area contributed by atoms with E-state index >= 15 is 0 Å². The molecule has 0 saturated carbocycles. The molecule has 4 aromatic rings. The maximum Gasteiger partial charge on any atom is 0.264 e. The third-order valence-electron chi connectivity index (χ3n) is 6.40. The molecule has 1 amide bonds. The van der Waals surface area contributed by atoms with Gasteiger partial charge in [0.15, 0.2) is 0 Å². The Morgan fingerprint density at radius 2 is 1.69 bits per heavy atom. The lowest BCUT2D eigenvalue weighted by Gasteiger charge is -2.24. The van der Waals surface area contributed by atoms with Gasteiger partial charge in [-0.3, -0.25) is 9.10 Å². The minimum atomic E-state index is -3.99. The molecule has 4 rings (SSSR count). The van der Waals surface area contributed by atoms with Gasteiger partial charge >= 0.3 is 0 Å². The van der Waals surface area contributed by atoms with Crippen LogP contribution in [0.1, 0.15) is 42.3 Å². The summed E-state index contributed by atoms with van der Waals surface area (Å²) < 4.78 is 31.2. The molecule has 0 aliphatic carbocycles. The van der Waals surface area contributed by atoms with E-state index in [9.17, 15) is 13.2 Å². The number of hydrogen-bond donors (Lipinski definition) is 1. The molecule has 0 atom stereocenters. The van der Waals surface area contributed by atoms with Crippen LogP contribution in [-0.4, -0.2) is 31.7 Å². The lowest BCUT2D eigenvalue weighted by Crippen LogP contribution is -2.39. The van der Waals surface area contributed by atoms with E-state index in [0.29, 0.717) is 11.6 Å². The summed E-state index contributed by atoms with van der Waals surface area (Å²) in [6.07, 6.45) is 1.57. The molecule has 3 aromatic carbocycles. The number of rotatable bonds is 9. The predicted octanol–water partition coefficient (Wildman–Crippen LogP) is 6.33. The Kier molecular flexibility index (Phi) is 8.72. The first kappa shape index (κ1) is 28.3. The second-order valence-electron chi connectivity index (χ2n) is 9.51. The van der Waals surface area contributed by atoms with Gasteiger partial charge in [-0.05, 0) is 73.9 Å². The zero-order valence-corrected chi connectivity index (χ0v) is 24.7. The van der Waals surface area contributed by atoms with Crippen LogP contribution in [0.15, 0.2) is 99.4 Å². The molecule has 7 nitrogen and oxygen atoms in total. The molecule has 0 aliphatic rings. The first-order valence-corrected chi connectivity index (χ1v) is 14.8. The van der Waals surface area contributed by atoms with E-state index in [4.69, 9.17) is 0 Å². The summed E-state index contributed by atoms with van der Waals surface area (Å²) in [5, 5.41) is 4.14. The fourth-order valence-electron chi connectivity index (χ4n) is 4.33. The van der Waals surface area contributed by atoms with Gasteiger partial charge < -0.3 is 4.57 Å². The predicted molar refractivity (Wildman–Crippen MR) is 160 cm³/mol. The summed E-state index contributed by atoms with van der Waals surface area (Å²) in [5.74, 6) is -0.263. The summed E-state index contributed by atoms with van der Waals surface area (Å²) in [6.45, 7) is 7.68. The monoisotopic (exact) mass is 606 g/mol. The number of benzene rings is 3. The number of nitrogens with one attached hydrogen (secondary N) is 1. The van der Waals surface area contributed by atoms with E-state index in [1.165, 1.54) is 12.1 Å². The average molecular weight is 608 g/mol. The normalized spacial score (nSPS) is 11.7. The second kappa shape index (κ2) is 12.0. The lowest BCUT2D eigenvalue weighted by atomic mass is 10.0. The first-order valence-electron chi connectivity index (χ1n) is 12.5. The number of aromatic nitrogens is 1. The summed E-state index contributed by atoms with van der Waals surface area (Å²) in [4.78, 5) is 13.1. The van der Waals surface area contributed by atoms with E-state index in [1.807, 2.05) is 56.3 Å². The van der Waals surface area contributed by atoms with Crippen LogP contribution in [0.25, 0.3) is 5.69 Å². The van der Waals surface area contributed by atoms with Crippen LogP contribution in [0.5, 0.6) is 0 Å². The van der Waals surface area contributed by atoms with Crippen LogP contribution in [0.4, 0.5) is 5.69 Å². The Morgan fingerprint density at radius 3 is 2.33 bits per heavy atom. The Balaban J connectivity index is 1.55. The van der Waals surface area contributed by atoms with Crippen LogP contribution in [0.3, 0.4) is 0 Å². The number of hydrazone groups is 1. The Labute approximate surface area is 238 Å². The van der Waals surface area contributed by atoms with Crippen LogP contribution in [-0.2, 0) is 14.8 Å². The number of aryl methyl sites for hydroxylation is 1. The molecule has 0 bridgehead atoms. The third kappa shape index (κ3) is 6.49. The van der Waals surface area contributed by atoms with Crippen molar-refractivity contribution in [1.29, 1.82) is 0 Å². The van der Waals surface area contributed by atoms with Crippen LogP contribution >= 0.6 is 15.9 Å². The molecule has 1 heterocycles. The first-order chi connectivity index (χ1) is 18.6. The number of carbonyl (C=O) groups is 1. The van der Waals surface area contributed by atoms with Crippen molar-refractivity contribution < 1.29 is 13.2 Å². The molecule has 202 valence electrons. The van der Waals surface area contributed by atoms with Gasteiger partial charge in [0.2, 0.25) is 0 Å². The van der Waals surface area contributed by atoms with Gasteiger partial charge in [-0.2, -0.15) is 5.10 Å². The van der Waals surface area contributed by atoms with Crippen molar-refractivity contribution in [2.24, 2.45) is 5.10 Å². The van der Waals surface area contributed by atoms with Crippen LogP contribution in [0.2, 0.25) is 0 Å². The zero-order chi connectivity index (χ0) is 28.2. The number of hydrogen-bond acceptors (Lipinski definition) is 4. The molecule has 0 saturated heterocycles. The molecule has 0 spiro atoms. The quantitative estimate of drug-likeness (QED) is 0.179. The lowest BCUT2D eigenvalue weighted by molar-refractivity contribution is -0.119. The minimum absolute atomic E-state index is 0.106. The van der Waals surface area contributed by atoms with E-state index in [0.717, 1.165) is 37.0 Å². The Bertz CT molecular complexity index is 1600. The fraction of sp³-hybridized carbons (Fsp3) is 0.200. The summed E-state index contributed by atoms with van der Waals surface area (Å²) in [7, 11) is -3.99. The maximum atomic E-state index is 13.5. The highest BCUT2D eigenvalue weighted by Gasteiger charge is 2.27. The smallest absolute Gasteiger partial charge is 0.264 e. The molecule has 0 aliphatic heterocycles. The number of nitrogens with zero attached hydrogens (tertiary/aromatic N) is 3. The SMILES string of the molecule is Cc1cc(/C=N\NC(=O)CN(c2ccc(C(C)C)cc2)S(=O)(=O)c2ccccc2)c(C)n1-c1cccc(Br)c1. The molecular weight excluding hydrogens is 576 g/mol. The Morgan fingerprint density at radius 1 is 1.00 bits per heavy atom. The van der Waals surface area contributed by atoms with Crippen molar-refractivity contribution in [3.05, 3.63) is 112 Å². The van der Waals surface area contributed by atoms with Crippen molar-refractivity contribution >= 4 is 43.8 Å². The molecule has 9 heteroatoms. The molecule has 0 fully saturated rings. The van der Waals surface area contributed by atoms with E-state index in [2.05, 4.69) is 44.9 Å². The van der Waals surface area contributed by atoms with Crippen LogP contribution < -0.4 is 9.73 Å². The summed E-state index contributed by atoms with van der Waals surface area (Å²) in [5.41, 5.74) is 7.80. The van der Waals surface area contributed by atoms with Gasteiger partial charge in [0.1, 0.15) is 6.54 Å². The van der Waals surface area contributed by atoms with Gasteiger partial charge in [-0.1, -0.05) is 66.2 Å². The number of amides is 1. The van der Waals surface area contributed by atoms with Crippen molar-refractivity contribution in [3.8, 4) is 5.69 Å². The van der Waals surface area contributed by atoms with E-state index < -0.39 is 22.5 Å². The largest absolute Gasteiger partial charge is 0.318 e. The number of carbonyl (C=O) groups excluding carboxylic acids is 1. The van der Waals surface area contributed by atoms with Crippen molar-refractivity contribution in [3.63, 3.8) is 0 Å². The Hall–Kier alpha value is -3.69. The molecule has 1 aromatic heterocycles. The number of sulfonamides is 1. The maximum absolute atomic E-state index is 13.5. The zero-order valence-electron chi connectivity index (χ0n) is 22.3. The average Bonchev–Trinajstić information content (AvgIpc) is 3.20. The van der Waals surface area contributed by atoms with E-state index in [1.54, 1.807) is 36.5 Å². The van der Waals surface area contributed by atoms with Crippen molar-refractivity contribution in [2.45, 2.75) is 38.5 Å². The van der Waals surface area contributed by atoms with Gasteiger partial charge in [0.25, 0.3) is 15.9 Å². The highest BCUT2D eigenvalue weighted by atomic mass is 79.9. The summed E-state index contributed by atoms with van der Waals surface area (Å²) in [6, 6.07) is 25.3. The number of halogens is 1. The standard InChI is InChI=1S/C30H31BrN4O3S/c1-21(2)24-13-15-27(16-14-24)34(39(37,38)29-11-6-5-7-12-29)20-30(36)33-32-19-25-17-22(3)35(23(25)4)28-10-8-9-26(31)18-28/h5-19,21H,20H2,1-4H3,(H,33,36)/b32-19-.